The number of nitrogens with one attached hydrogen (secondary N) is 1. The van der Waals surface area contributed by atoms with E-state index in [-0.39, 0.29) is 53.6 Å². The molecule has 3 fully saturated rings. The van der Waals surface area contributed by atoms with E-state index >= 15 is 0 Å². The Labute approximate surface area is 283 Å². The van der Waals surface area contributed by atoms with E-state index in [2.05, 4.69) is 11.4 Å². The van der Waals surface area contributed by atoms with Gasteiger partial charge in [0.25, 0.3) is 5.91 Å². The zero-order valence-corrected chi connectivity index (χ0v) is 27.8. The summed E-state index contributed by atoms with van der Waals surface area (Å²) in [5.41, 5.74) is -5.43. The third-order valence-corrected chi connectivity index (χ3v) is 12.6. The minimum absolute atomic E-state index is 0.0437. The highest BCUT2D eigenvalue weighted by molar-refractivity contribution is 7.52. The van der Waals surface area contributed by atoms with Crippen LogP contribution in [0.5, 0.6) is 0 Å². The molecule has 3 aliphatic heterocycles. The zero-order chi connectivity index (χ0) is 34.9. The second kappa shape index (κ2) is 12.3. The summed E-state index contributed by atoms with van der Waals surface area (Å²) in [4.78, 5) is 63.3. The fraction of sp³-hybridized carbons (Fsp3) is 0.441. The number of carbonyl (C=O) groups excluding carboxylic acids is 3. The van der Waals surface area contributed by atoms with Gasteiger partial charge in [-0.3, -0.25) is 18.9 Å². The Kier molecular flexibility index (Phi) is 8.53. The number of hydrogen-bond donors (Lipinski definition) is 3. The molecule has 5 atom stereocenters. The molecule has 4 aliphatic rings. The van der Waals surface area contributed by atoms with Gasteiger partial charge in [0, 0.05) is 41.2 Å². The number of amides is 3. The van der Waals surface area contributed by atoms with E-state index in [0.717, 1.165) is 29.0 Å². The molecule has 3 aromatic rings. The number of likely N-dealkylation sites (tertiary alicyclic amines) is 1. The predicted octanol–water partition coefficient (Wildman–Crippen LogP) is 5.62. The molecule has 0 radical (unpaired) electrons. The molecule has 49 heavy (non-hydrogen) atoms. The molecule has 4 heterocycles. The van der Waals surface area contributed by atoms with Crippen LogP contribution >= 0.6 is 18.9 Å². The molecule has 1 aromatic heterocycles. The highest BCUT2D eigenvalue weighted by atomic mass is 32.1. The van der Waals surface area contributed by atoms with Gasteiger partial charge in [0.2, 0.25) is 18.2 Å². The van der Waals surface area contributed by atoms with Gasteiger partial charge in [-0.15, -0.1) is 11.3 Å². The van der Waals surface area contributed by atoms with Gasteiger partial charge in [-0.1, -0.05) is 48.6 Å². The first-order valence-electron chi connectivity index (χ1n) is 16.1. The molecular weight excluding hydrogens is 685 g/mol. The summed E-state index contributed by atoms with van der Waals surface area (Å²) < 4.78 is 67.9. The maximum atomic E-state index is 14.3. The summed E-state index contributed by atoms with van der Waals surface area (Å²) in [6.07, 6.45) is 3.11. The molecule has 0 spiro atoms. The Balaban J connectivity index is 1.10. The first kappa shape index (κ1) is 33.9. The minimum atomic E-state index is -5.79. The van der Waals surface area contributed by atoms with Crippen molar-refractivity contribution < 1.29 is 46.3 Å². The van der Waals surface area contributed by atoms with Crippen molar-refractivity contribution in [3.63, 3.8) is 0 Å². The average molecular weight is 720 g/mol. The van der Waals surface area contributed by atoms with Crippen molar-refractivity contribution in [3.8, 4) is 0 Å². The van der Waals surface area contributed by atoms with Gasteiger partial charge in [0.1, 0.15) is 12.1 Å². The van der Waals surface area contributed by atoms with Gasteiger partial charge in [0.05, 0.1) is 4.88 Å². The lowest BCUT2D eigenvalue weighted by molar-refractivity contribution is -0.153. The Morgan fingerprint density at radius 1 is 1.02 bits per heavy atom. The molecule has 1 aliphatic carbocycles. The summed E-state index contributed by atoms with van der Waals surface area (Å²) in [5, 5.41) is 3.00. The van der Waals surface area contributed by atoms with Crippen molar-refractivity contribution in [1.29, 1.82) is 0 Å². The number of nitrogens with zero attached hydrogens (tertiary/aromatic N) is 2. The van der Waals surface area contributed by atoms with Crippen molar-refractivity contribution in [3.05, 3.63) is 82.8 Å². The van der Waals surface area contributed by atoms with Crippen LogP contribution in [0.4, 0.5) is 17.6 Å². The van der Waals surface area contributed by atoms with Crippen LogP contribution in [0.15, 0.2) is 66.7 Å². The molecule has 3 amide bonds. The number of carbonyl (C=O) groups is 3. The largest absolute Gasteiger partial charge is 0.399 e. The monoisotopic (exact) mass is 719 g/mol. The Bertz CT molecular complexity index is 1880. The lowest BCUT2D eigenvalue weighted by Gasteiger charge is -2.52. The molecule has 15 heteroatoms. The molecule has 2 aromatic carbocycles. The summed E-state index contributed by atoms with van der Waals surface area (Å²) in [7, 11) is -5.79. The number of benzene rings is 2. The van der Waals surface area contributed by atoms with Crippen molar-refractivity contribution in [2.24, 2.45) is 11.8 Å². The Hall–Kier alpha value is -3.58. The van der Waals surface area contributed by atoms with Crippen LogP contribution in [-0.2, 0) is 25.2 Å². The number of fused-ring (bicyclic) bond motifs is 3. The first-order valence-corrected chi connectivity index (χ1v) is 18.5. The van der Waals surface area contributed by atoms with E-state index in [1.165, 1.54) is 12.1 Å². The molecule has 3 saturated heterocycles. The van der Waals surface area contributed by atoms with E-state index in [9.17, 15) is 36.5 Å². The van der Waals surface area contributed by atoms with Crippen molar-refractivity contribution in [2.75, 3.05) is 13.1 Å². The maximum Gasteiger partial charge on any atom is 0.399 e. The lowest BCUT2D eigenvalue weighted by atomic mass is 9.71. The Morgan fingerprint density at radius 3 is 2.37 bits per heavy atom. The van der Waals surface area contributed by atoms with E-state index in [1.807, 2.05) is 6.08 Å². The number of thiophene rings is 1. The van der Waals surface area contributed by atoms with Crippen LogP contribution in [0.2, 0.25) is 0 Å². The molecule has 0 saturated carbocycles. The van der Waals surface area contributed by atoms with E-state index < -0.39 is 54.6 Å². The standard InChI is InChI=1S/C34H34F4N3O6PS/c35-29(36)16-33(22-4-2-1-3-5-22)17-40(18-33)32(44)26-10-9-24-13-19-6-7-20(19)14-25(31(43)41(24)26)39-30(42)28-15-21-12-23(8-11-27(21)49-28)34(37,38)48(45,46)47/h1-8,11-12,15,19-20,24-26,29H,9-10,13-14,16-18H2,(H,39,42)(H2,45,46,47)/t19-,20+,24+,25-,26-/m0/s1. The number of allylic oxidation sites excluding steroid dienone is 2. The van der Waals surface area contributed by atoms with Gasteiger partial charge in [-0.2, -0.15) is 8.78 Å². The molecule has 3 N–H and O–H groups in total. The quantitative estimate of drug-likeness (QED) is 0.158. The lowest BCUT2D eigenvalue weighted by Crippen LogP contribution is -2.66. The highest BCUT2D eigenvalue weighted by Gasteiger charge is 2.54. The van der Waals surface area contributed by atoms with Crippen LogP contribution in [0.1, 0.15) is 52.9 Å². The Morgan fingerprint density at radius 2 is 1.71 bits per heavy atom. The van der Waals surface area contributed by atoms with Crippen LogP contribution in [0.3, 0.4) is 0 Å². The summed E-state index contributed by atoms with van der Waals surface area (Å²) >= 11 is 0.984. The molecule has 0 bridgehead atoms. The normalized spacial score (nSPS) is 26.4. The fourth-order valence-corrected chi connectivity index (χ4v) is 9.34. The van der Waals surface area contributed by atoms with Crippen LogP contribution in [0.25, 0.3) is 10.1 Å². The summed E-state index contributed by atoms with van der Waals surface area (Å²) in [6, 6.07) is 11.4. The average Bonchev–Trinajstić information content (AvgIpc) is 3.65. The topological polar surface area (TPSA) is 127 Å². The second-order valence-corrected chi connectivity index (χ2v) is 16.3. The summed E-state index contributed by atoms with van der Waals surface area (Å²) in [6.45, 7) is 0.232. The summed E-state index contributed by atoms with van der Waals surface area (Å²) in [5.74, 6) is -1.12. The third kappa shape index (κ3) is 6.00. The van der Waals surface area contributed by atoms with Gasteiger partial charge in [-0.05, 0) is 66.7 Å². The zero-order valence-electron chi connectivity index (χ0n) is 26.1. The number of alkyl halides is 4. The number of rotatable bonds is 8. The number of hydrogen-bond acceptors (Lipinski definition) is 5. The molecule has 9 nitrogen and oxygen atoms in total. The second-order valence-electron chi connectivity index (χ2n) is 13.6. The molecule has 260 valence electrons. The fourth-order valence-electron chi connectivity index (χ4n) is 7.92. The highest BCUT2D eigenvalue weighted by Crippen LogP contribution is 2.59. The van der Waals surface area contributed by atoms with Crippen molar-refractivity contribution in [2.45, 2.75) is 67.7 Å². The molecular formula is C34H34F4N3O6PS. The van der Waals surface area contributed by atoms with Crippen molar-refractivity contribution in [1.82, 2.24) is 15.1 Å². The predicted molar refractivity (Wildman–Crippen MR) is 173 cm³/mol. The van der Waals surface area contributed by atoms with E-state index in [0.29, 0.717) is 30.4 Å². The first-order chi connectivity index (χ1) is 23.2. The molecule has 0 unspecified atom stereocenters. The van der Waals surface area contributed by atoms with Crippen LogP contribution in [0, 0.1) is 11.8 Å². The van der Waals surface area contributed by atoms with Gasteiger partial charge < -0.3 is 24.9 Å². The van der Waals surface area contributed by atoms with Gasteiger partial charge >= 0.3 is 13.3 Å². The third-order valence-electron chi connectivity index (χ3n) is 10.5. The maximum absolute atomic E-state index is 14.3. The number of halogens is 4. The minimum Gasteiger partial charge on any atom is -0.340 e. The van der Waals surface area contributed by atoms with Gasteiger partial charge in [0.15, 0.2) is 0 Å². The van der Waals surface area contributed by atoms with E-state index in [1.54, 1.807) is 40.1 Å². The SMILES string of the molecule is O=C(N[C@H]1C[C@H]2C=C[C@H]2C[C@H]2CC[C@@H](C(=O)N3CC(CC(F)F)(c4ccccc4)C3)N2C1=O)c1cc2cc(C(F)(F)P(=O)(O)O)ccc2s1. The van der Waals surface area contributed by atoms with Crippen molar-refractivity contribution >= 4 is 46.7 Å². The smallest absolute Gasteiger partial charge is 0.340 e. The van der Waals surface area contributed by atoms with E-state index in [4.69, 9.17) is 9.79 Å². The van der Waals surface area contributed by atoms with Crippen LogP contribution < -0.4 is 5.32 Å². The van der Waals surface area contributed by atoms with Crippen LogP contribution in [-0.4, -0.2) is 74.9 Å². The molecule has 7 rings (SSSR count). The van der Waals surface area contributed by atoms with Gasteiger partial charge in [-0.25, -0.2) is 8.78 Å².